The summed E-state index contributed by atoms with van der Waals surface area (Å²) in [7, 11) is 1.61. The zero-order valence-electron chi connectivity index (χ0n) is 17.9. The Kier molecular flexibility index (Phi) is 7.33. The summed E-state index contributed by atoms with van der Waals surface area (Å²) >= 11 is 0. The van der Waals surface area contributed by atoms with Gasteiger partial charge < -0.3 is 19.7 Å². The molecule has 1 heterocycles. The van der Waals surface area contributed by atoms with Gasteiger partial charge in [0.15, 0.2) is 11.5 Å². The molecule has 0 aromatic heterocycles. The molecular formula is C24H30N2O4. The second-order valence-electron chi connectivity index (χ2n) is 7.53. The second kappa shape index (κ2) is 10.1. The van der Waals surface area contributed by atoms with Gasteiger partial charge in [-0.3, -0.25) is 9.59 Å². The number of aryl methyl sites for hydroxylation is 2. The molecule has 30 heavy (non-hydrogen) atoms. The van der Waals surface area contributed by atoms with E-state index in [4.69, 9.17) is 9.47 Å². The van der Waals surface area contributed by atoms with Crippen LogP contribution in [0.25, 0.3) is 0 Å². The molecule has 1 aliphatic rings. The minimum atomic E-state index is -0.497. The summed E-state index contributed by atoms with van der Waals surface area (Å²) in [6.07, 6.45) is 1.45. The van der Waals surface area contributed by atoms with E-state index in [1.54, 1.807) is 11.9 Å². The molecule has 2 aromatic rings. The van der Waals surface area contributed by atoms with Crippen LogP contribution in [0.1, 0.15) is 36.5 Å². The van der Waals surface area contributed by atoms with Gasteiger partial charge in [-0.15, -0.1) is 0 Å². The molecule has 0 saturated heterocycles. The molecule has 0 bridgehead atoms. The summed E-state index contributed by atoms with van der Waals surface area (Å²) in [5, 5.41) is 2.69. The van der Waals surface area contributed by atoms with E-state index in [0.29, 0.717) is 39.0 Å². The Morgan fingerprint density at radius 2 is 1.83 bits per heavy atom. The van der Waals surface area contributed by atoms with E-state index < -0.39 is 6.04 Å². The van der Waals surface area contributed by atoms with Crippen molar-refractivity contribution in [2.45, 2.75) is 45.7 Å². The number of hydrogen-bond acceptors (Lipinski definition) is 4. The molecule has 0 fully saturated rings. The Morgan fingerprint density at radius 3 is 2.53 bits per heavy atom. The van der Waals surface area contributed by atoms with Crippen LogP contribution in [-0.2, 0) is 22.6 Å². The monoisotopic (exact) mass is 410 g/mol. The van der Waals surface area contributed by atoms with Crippen molar-refractivity contribution >= 4 is 11.8 Å². The van der Waals surface area contributed by atoms with E-state index in [-0.39, 0.29) is 11.8 Å². The number of amides is 2. The van der Waals surface area contributed by atoms with Crippen molar-refractivity contribution in [1.29, 1.82) is 0 Å². The van der Waals surface area contributed by atoms with Gasteiger partial charge in [0.05, 0.1) is 0 Å². The molecule has 1 aliphatic heterocycles. The fourth-order valence-corrected chi connectivity index (χ4v) is 3.73. The highest BCUT2D eigenvalue weighted by Crippen LogP contribution is 2.31. The summed E-state index contributed by atoms with van der Waals surface area (Å²) in [4.78, 5) is 27.4. The lowest BCUT2D eigenvalue weighted by molar-refractivity contribution is -0.141. The van der Waals surface area contributed by atoms with Gasteiger partial charge in [0.1, 0.15) is 19.3 Å². The molecule has 1 N–H and O–H groups in total. The van der Waals surface area contributed by atoms with Crippen molar-refractivity contribution in [2.24, 2.45) is 0 Å². The van der Waals surface area contributed by atoms with E-state index in [9.17, 15) is 9.59 Å². The van der Waals surface area contributed by atoms with Gasteiger partial charge in [0.2, 0.25) is 11.8 Å². The number of ether oxygens (including phenoxy) is 2. The van der Waals surface area contributed by atoms with Crippen LogP contribution in [0.5, 0.6) is 11.5 Å². The van der Waals surface area contributed by atoms with Crippen LogP contribution in [0.2, 0.25) is 0 Å². The minimum absolute atomic E-state index is 0.0400. The highest BCUT2D eigenvalue weighted by atomic mass is 16.6. The Labute approximate surface area is 178 Å². The zero-order valence-corrected chi connectivity index (χ0v) is 17.9. The summed E-state index contributed by atoms with van der Waals surface area (Å²) in [6, 6.07) is 13.3. The SMILES string of the molecule is CC[C@H](C(=O)NC)N(Cc1cccc(C)c1)C(=O)CCc1ccc2c(c1)OCCO2. The Bertz CT molecular complexity index is 897. The fraction of sp³-hybridized carbons (Fsp3) is 0.417. The van der Waals surface area contributed by atoms with Crippen molar-refractivity contribution < 1.29 is 19.1 Å². The maximum Gasteiger partial charge on any atom is 0.242 e. The van der Waals surface area contributed by atoms with Crippen molar-refractivity contribution in [3.05, 3.63) is 59.2 Å². The maximum absolute atomic E-state index is 13.2. The second-order valence-corrected chi connectivity index (χ2v) is 7.53. The third-order valence-electron chi connectivity index (χ3n) is 5.30. The third-order valence-corrected chi connectivity index (χ3v) is 5.30. The lowest BCUT2D eigenvalue weighted by Crippen LogP contribution is -2.48. The highest BCUT2D eigenvalue weighted by Gasteiger charge is 2.27. The summed E-state index contributed by atoms with van der Waals surface area (Å²) in [5.74, 6) is 1.28. The van der Waals surface area contributed by atoms with Crippen molar-refractivity contribution in [1.82, 2.24) is 10.2 Å². The van der Waals surface area contributed by atoms with Crippen LogP contribution >= 0.6 is 0 Å². The van der Waals surface area contributed by atoms with Gasteiger partial charge in [0, 0.05) is 20.0 Å². The summed E-state index contributed by atoms with van der Waals surface area (Å²) in [6.45, 7) is 5.44. The van der Waals surface area contributed by atoms with Crippen LogP contribution in [0, 0.1) is 6.92 Å². The average molecular weight is 411 g/mol. The topological polar surface area (TPSA) is 67.9 Å². The van der Waals surface area contributed by atoms with Gasteiger partial charge in [-0.1, -0.05) is 42.8 Å². The Balaban J connectivity index is 1.74. The first-order valence-corrected chi connectivity index (χ1v) is 10.5. The van der Waals surface area contributed by atoms with Crippen LogP contribution in [0.4, 0.5) is 0 Å². The molecular weight excluding hydrogens is 380 g/mol. The number of carbonyl (C=O) groups excluding carboxylic acids is 2. The lowest BCUT2D eigenvalue weighted by atomic mass is 10.0. The molecule has 0 spiro atoms. The molecule has 2 aromatic carbocycles. The van der Waals surface area contributed by atoms with Gasteiger partial charge in [0.25, 0.3) is 0 Å². The van der Waals surface area contributed by atoms with Crippen molar-refractivity contribution in [3.63, 3.8) is 0 Å². The number of fused-ring (bicyclic) bond motifs is 1. The molecule has 3 rings (SSSR count). The number of hydrogen-bond donors (Lipinski definition) is 1. The first-order chi connectivity index (χ1) is 14.5. The predicted octanol–water partition coefficient (Wildman–Crippen LogP) is 3.25. The van der Waals surface area contributed by atoms with E-state index >= 15 is 0 Å². The predicted molar refractivity (Wildman–Crippen MR) is 116 cm³/mol. The number of nitrogens with one attached hydrogen (secondary N) is 1. The smallest absolute Gasteiger partial charge is 0.242 e. The molecule has 0 unspecified atom stereocenters. The number of likely N-dealkylation sites (N-methyl/N-ethyl adjacent to an activating group) is 1. The normalized spacial score (nSPS) is 13.4. The minimum Gasteiger partial charge on any atom is -0.486 e. The summed E-state index contributed by atoms with van der Waals surface area (Å²) in [5.41, 5.74) is 3.16. The first-order valence-electron chi connectivity index (χ1n) is 10.5. The molecule has 0 aliphatic carbocycles. The summed E-state index contributed by atoms with van der Waals surface area (Å²) < 4.78 is 11.2. The average Bonchev–Trinajstić information content (AvgIpc) is 2.77. The van der Waals surface area contributed by atoms with E-state index in [0.717, 1.165) is 28.2 Å². The van der Waals surface area contributed by atoms with Crippen LogP contribution in [0.3, 0.4) is 0 Å². The molecule has 2 amide bonds. The third kappa shape index (κ3) is 5.32. The number of rotatable bonds is 8. The fourth-order valence-electron chi connectivity index (χ4n) is 3.73. The highest BCUT2D eigenvalue weighted by molar-refractivity contribution is 5.87. The molecule has 0 radical (unpaired) electrons. The lowest BCUT2D eigenvalue weighted by Gasteiger charge is -2.30. The van der Waals surface area contributed by atoms with Crippen LogP contribution in [-0.4, -0.2) is 43.0 Å². The number of benzene rings is 2. The maximum atomic E-state index is 13.2. The molecule has 0 saturated carbocycles. The standard InChI is InChI=1S/C24H30N2O4/c1-4-20(24(28)25-3)26(16-19-7-5-6-17(2)14-19)23(27)11-9-18-8-10-21-22(15-18)30-13-12-29-21/h5-8,10,14-15,20H,4,9,11-13,16H2,1-3H3,(H,25,28)/t20-/m1/s1. The van der Waals surface area contributed by atoms with E-state index in [2.05, 4.69) is 11.4 Å². The van der Waals surface area contributed by atoms with Crippen molar-refractivity contribution in [3.8, 4) is 11.5 Å². The molecule has 6 heteroatoms. The van der Waals surface area contributed by atoms with E-state index in [1.807, 2.05) is 50.2 Å². The molecule has 6 nitrogen and oxygen atoms in total. The molecule has 160 valence electrons. The van der Waals surface area contributed by atoms with Crippen LogP contribution in [0.15, 0.2) is 42.5 Å². The largest absolute Gasteiger partial charge is 0.486 e. The quantitative estimate of drug-likeness (QED) is 0.725. The zero-order chi connectivity index (χ0) is 21.5. The molecule has 1 atom stereocenters. The number of nitrogens with zero attached hydrogens (tertiary/aromatic N) is 1. The first kappa shape index (κ1) is 21.7. The number of carbonyl (C=O) groups is 2. The van der Waals surface area contributed by atoms with Gasteiger partial charge in [-0.05, 0) is 43.0 Å². The van der Waals surface area contributed by atoms with Gasteiger partial charge >= 0.3 is 0 Å². The van der Waals surface area contributed by atoms with Crippen LogP contribution < -0.4 is 14.8 Å². The van der Waals surface area contributed by atoms with Gasteiger partial charge in [-0.2, -0.15) is 0 Å². The van der Waals surface area contributed by atoms with E-state index in [1.165, 1.54) is 0 Å². The Hall–Kier alpha value is -3.02. The Morgan fingerprint density at radius 1 is 1.07 bits per heavy atom. The van der Waals surface area contributed by atoms with Gasteiger partial charge in [-0.25, -0.2) is 0 Å². The van der Waals surface area contributed by atoms with Crippen molar-refractivity contribution in [2.75, 3.05) is 20.3 Å².